The van der Waals surface area contributed by atoms with Crippen molar-refractivity contribution in [1.82, 2.24) is 10.1 Å². The Morgan fingerprint density at radius 2 is 2.27 bits per heavy atom. The number of aryl methyl sites for hydroxylation is 1. The van der Waals surface area contributed by atoms with Gasteiger partial charge in [-0.05, 0) is 24.6 Å². The molecule has 5 heteroatoms. The number of rotatable bonds is 2. The molecule has 0 aliphatic heterocycles. The van der Waals surface area contributed by atoms with Crippen LogP contribution in [0, 0.1) is 6.92 Å². The van der Waals surface area contributed by atoms with E-state index in [1.54, 1.807) is 0 Å². The Morgan fingerprint density at radius 3 is 2.93 bits per heavy atom. The fourth-order valence-electron chi connectivity index (χ4n) is 1.24. The minimum absolute atomic E-state index is 0.260. The maximum absolute atomic E-state index is 5.60. The van der Waals surface area contributed by atoms with Crippen LogP contribution in [0.4, 0.5) is 0 Å². The van der Waals surface area contributed by atoms with Gasteiger partial charge in [0.15, 0.2) is 5.82 Å². The lowest BCUT2D eigenvalue weighted by molar-refractivity contribution is 0.425. The van der Waals surface area contributed by atoms with E-state index in [4.69, 9.17) is 16.1 Å². The molecular weight excluding hydrogens is 279 g/mol. The third kappa shape index (κ3) is 2.21. The van der Waals surface area contributed by atoms with E-state index >= 15 is 0 Å². The average Bonchev–Trinajstić information content (AvgIpc) is 2.70. The van der Waals surface area contributed by atoms with Gasteiger partial charge in [-0.3, -0.25) is 0 Å². The molecule has 0 radical (unpaired) electrons. The zero-order valence-corrected chi connectivity index (χ0v) is 10.3. The van der Waals surface area contributed by atoms with Crippen LogP contribution in [-0.2, 0) is 5.88 Å². The number of hydrogen-bond acceptors (Lipinski definition) is 3. The van der Waals surface area contributed by atoms with E-state index in [1.807, 2.05) is 25.1 Å². The molecule has 0 N–H and O–H groups in total. The zero-order valence-electron chi connectivity index (χ0n) is 8.00. The van der Waals surface area contributed by atoms with Crippen LogP contribution in [0.2, 0.25) is 0 Å². The summed E-state index contributed by atoms with van der Waals surface area (Å²) in [7, 11) is 0. The Balaban J connectivity index is 2.48. The number of alkyl halides is 1. The average molecular weight is 288 g/mol. The molecule has 0 bridgehead atoms. The standard InChI is InChI=1S/C10H8BrClN2O/c1-6-2-3-7(11)4-8(6)10-13-9(5-12)14-15-10/h2-4H,5H2,1H3. The first-order chi connectivity index (χ1) is 7.20. The first kappa shape index (κ1) is 10.6. The molecule has 1 aromatic heterocycles. The quantitative estimate of drug-likeness (QED) is 0.793. The van der Waals surface area contributed by atoms with Crippen molar-refractivity contribution in [1.29, 1.82) is 0 Å². The lowest BCUT2D eigenvalue weighted by Gasteiger charge is -2.00. The Morgan fingerprint density at radius 1 is 1.47 bits per heavy atom. The highest BCUT2D eigenvalue weighted by Crippen LogP contribution is 2.25. The van der Waals surface area contributed by atoms with Gasteiger partial charge < -0.3 is 4.52 Å². The Bertz CT molecular complexity index is 484. The zero-order chi connectivity index (χ0) is 10.8. The van der Waals surface area contributed by atoms with E-state index in [9.17, 15) is 0 Å². The molecule has 15 heavy (non-hydrogen) atoms. The van der Waals surface area contributed by atoms with E-state index < -0.39 is 0 Å². The maximum atomic E-state index is 5.60. The predicted octanol–water partition coefficient (Wildman–Crippen LogP) is 3.55. The summed E-state index contributed by atoms with van der Waals surface area (Å²) in [5.41, 5.74) is 2.01. The topological polar surface area (TPSA) is 38.9 Å². The van der Waals surface area contributed by atoms with Crippen molar-refractivity contribution in [2.75, 3.05) is 0 Å². The SMILES string of the molecule is Cc1ccc(Br)cc1-c1nc(CCl)no1. The molecule has 0 atom stereocenters. The van der Waals surface area contributed by atoms with Crippen LogP contribution in [0.25, 0.3) is 11.5 Å². The van der Waals surface area contributed by atoms with Crippen molar-refractivity contribution in [3.8, 4) is 11.5 Å². The molecule has 1 aromatic carbocycles. The van der Waals surface area contributed by atoms with Gasteiger partial charge >= 0.3 is 0 Å². The normalized spacial score (nSPS) is 10.6. The number of hydrogen-bond donors (Lipinski definition) is 0. The third-order valence-electron chi connectivity index (χ3n) is 2.02. The summed E-state index contributed by atoms with van der Waals surface area (Å²) in [6.45, 7) is 1.99. The van der Waals surface area contributed by atoms with Crippen molar-refractivity contribution >= 4 is 27.5 Å². The molecule has 0 aliphatic carbocycles. The summed E-state index contributed by atoms with van der Waals surface area (Å²) in [4.78, 5) is 4.17. The van der Waals surface area contributed by atoms with Gasteiger partial charge in [-0.25, -0.2) is 0 Å². The van der Waals surface area contributed by atoms with Crippen LogP contribution in [-0.4, -0.2) is 10.1 Å². The molecule has 0 saturated heterocycles. The van der Waals surface area contributed by atoms with Crippen molar-refractivity contribution in [2.45, 2.75) is 12.8 Å². The van der Waals surface area contributed by atoms with Crippen molar-refractivity contribution in [3.63, 3.8) is 0 Å². The highest BCUT2D eigenvalue weighted by Gasteiger charge is 2.10. The molecule has 0 saturated carbocycles. The first-order valence-corrected chi connectivity index (χ1v) is 5.68. The summed E-state index contributed by atoms with van der Waals surface area (Å²) >= 11 is 9.01. The van der Waals surface area contributed by atoms with Gasteiger partial charge in [0, 0.05) is 10.0 Å². The molecule has 0 unspecified atom stereocenters. The van der Waals surface area contributed by atoms with Gasteiger partial charge in [-0.15, -0.1) is 11.6 Å². The fraction of sp³-hybridized carbons (Fsp3) is 0.200. The second-order valence-corrected chi connectivity index (χ2v) is 4.29. The van der Waals surface area contributed by atoms with Crippen molar-refractivity contribution in [3.05, 3.63) is 34.1 Å². The molecule has 2 rings (SSSR count). The summed E-state index contributed by atoms with van der Waals surface area (Å²) in [5.74, 6) is 1.27. The van der Waals surface area contributed by atoms with E-state index in [0.29, 0.717) is 11.7 Å². The third-order valence-corrected chi connectivity index (χ3v) is 2.75. The molecule has 0 spiro atoms. The van der Waals surface area contributed by atoms with Crippen LogP contribution >= 0.6 is 27.5 Å². The summed E-state index contributed by atoms with van der Waals surface area (Å²) in [6, 6.07) is 5.91. The van der Waals surface area contributed by atoms with Crippen LogP contribution < -0.4 is 0 Å². The molecule has 0 fully saturated rings. The number of aromatic nitrogens is 2. The number of benzene rings is 1. The van der Waals surface area contributed by atoms with E-state index in [2.05, 4.69) is 26.1 Å². The minimum Gasteiger partial charge on any atom is -0.334 e. The Hall–Kier alpha value is -0.870. The van der Waals surface area contributed by atoms with E-state index in [0.717, 1.165) is 15.6 Å². The van der Waals surface area contributed by atoms with Gasteiger partial charge in [0.25, 0.3) is 5.89 Å². The molecule has 2 aromatic rings. The summed E-state index contributed by atoms with van der Waals surface area (Å²) in [5, 5.41) is 3.75. The maximum Gasteiger partial charge on any atom is 0.258 e. The summed E-state index contributed by atoms with van der Waals surface area (Å²) < 4.78 is 6.09. The fourth-order valence-corrected chi connectivity index (χ4v) is 1.71. The van der Waals surface area contributed by atoms with Gasteiger partial charge in [-0.2, -0.15) is 4.98 Å². The summed E-state index contributed by atoms with van der Waals surface area (Å²) in [6.07, 6.45) is 0. The predicted molar refractivity (Wildman–Crippen MR) is 61.7 cm³/mol. The highest BCUT2D eigenvalue weighted by atomic mass is 79.9. The molecule has 3 nitrogen and oxygen atoms in total. The van der Waals surface area contributed by atoms with E-state index in [-0.39, 0.29) is 5.88 Å². The van der Waals surface area contributed by atoms with Crippen LogP contribution in [0.15, 0.2) is 27.2 Å². The van der Waals surface area contributed by atoms with Gasteiger partial charge in [0.2, 0.25) is 0 Å². The first-order valence-electron chi connectivity index (χ1n) is 4.36. The monoisotopic (exact) mass is 286 g/mol. The molecule has 78 valence electrons. The smallest absolute Gasteiger partial charge is 0.258 e. The number of nitrogens with zero attached hydrogens (tertiary/aromatic N) is 2. The molecule has 1 heterocycles. The van der Waals surface area contributed by atoms with Crippen molar-refractivity contribution in [2.24, 2.45) is 0 Å². The van der Waals surface area contributed by atoms with Crippen LogP contribution in [0.5, 0.6) is 0 Å². The lowest BCUT2D eigenvalue weighted by atomic mass is 10.1. The van der Waals surface area contributed by atoms with Crippen LogP contribution in [0.1, 0.15) is 11.4 Å². The molecule has 0 amide bonds. The Kier molecular flexibility index (Phi) is 3.07. The molecular formula is C10H8BrClN2O. The lowest BCUT2D eigenvalue weighted by Crippen LogP contribution is -1.84. The Labute approximate surface area is 101 Å². The van der Waals surface area contributed by atoms with Crippen molar-refractivity contribution < 1.29 is 4.52 Å². The number of halogens is 2. The van der Waals surface area contributed by atoms with Crippen LogP contribution in [0.3, 0.4) is 0 Å². The largest absolute Gasteiger partial charge is 0.334 e. The second-order valence-electron chi connectivity index (χ2n) is 3.11. The van der Waals surface area contributed by atoms with Gasteiger partial charge in [0.1, 0.15) is 0 Å². The highest BCUT2D eigenvalue weighted by molar-refractivity contribution is 9.10. The molecule has 0 aliphatic rings. The minimum atomic E-state index is 0.260. The second kappa shape index (κ2) is 4.33. The van der Waals surface area contributed by atoms with Gasteiger partial charge in [-0.1, -0.05) is 27.2 Å². The van der Waals surface area contributed by atoms with E-state index in [1.165, 1.54) is 0 Å². The van der Waals surface area contributed by atoms with Gasteiger partial charge in [0.05, 0.1) is 5.88 Å².